The summed E-state index contributed by atoms with van der Waals surface area (Å²) in [6, 6.07) is 0. The second-order valence-electron chi connectivity index (χ2n) is 1.67. The van der Waals surface area contributed by atoms with Gasteiger partial charge in [0.15, 0.2) is 4.34 Å². The first-order chi connectivity index (χ1) is 5.68. The molecule has 0 bridgehead atoms. The van der Waals surface area contributed by atoms with Crippen molar-refractivity contribution in [1.82, 2.24) is 10.2 Å². The molecule has 1 heterocycles. The van der Waals surface area contributed by atoms with E-state index in [1.54, 1.807) is 0 Å². The molecule has 0 aliphatic rings. The van der Waals surface area contributed by atoms with Crippen LogP contribution in [0.3, 0.4) is 0 Å². The van der Waals surface area contributed by atoms with Gasteiger partial charge in [0.05, 0.1) is 0 Å². The zero-order chi connectivity index (χ0) is 8.97. The molecular formula is C5H5N3O2S2. The van der Waals surface area contributed by atoms with Crippen LogP contribution in [0, 0.1) is 0 Å². The van der Waals surface area contributed by atoms with E-state index < -0.39 is 5.97 Å². The van der Waals surface area contributed by atoms with E-state index in [9.17, 15) is 4.79 Å². The monoisotopic (exact) mass is 203 g/mol. The fraction of sp³-hybridized carbons (Fsp3) is 0. The minimum absolute atomic E-state index is 0.376. The lowest BCUT2D eigenvalue weighted by Gasteiger charge is -1.81. The summed E-state index contributed by atoms with van der Waals surface area (Å²) < 4.78 is 0.630. The zero-order valence-electron chi connectivity index (χ0n) is 5.80. The van der Waals surface area contributed by atoms with Crippen LogP contribution in [-0.4, -0.2) is 21.3 Å². The predicted molar refractivity (Wildman–Crippen MR) is 47.0 cm³/mol. The van der Waals surface area contributed by atoms with E-state index in [0.29, 0.717) is 9.47 Å². The van der Waals surface area contributed by atoms with E-state index >= 15 is 0 Å². The van der Waals surface area contributed by atoms with Crippen LogP contribution >= 0.6 is 23.1 Å². The quantitative estimate of drug-likeness (QED) is 0.558. The molecule has 0 aliphatic carbocycles. The maximum absolute atomic E-state index is 10.0. The van der Waals surface area contributed by atoms with Gasteiger partial charge in [-0.25, -0.2) is 4.79 Å². The van der Waals surface area contributed by atoms with Crippen molar-refractivity contribution in [2.24, 2.45) is 0 Å². The minimum atomic E-state index is -0.986. The number of nitrogens with zero attached hydrogens (tertiary/aromatic N) is 2. The topological polar surface area (TPSA) is 89.1 Å². The molecule has 1 rings (SSSR count). The van der Waals surface area contributed by atoms with Crippen molar-refractivity contribution in [2.45, 2.75) is 4.34 Å². The lowest BCUT2D eigenvalue weighted by molar-refractivity contribution is -0.131. The lowest BCUT2D eigenvalue weighted by atomic mass is 10.7. The van der Waals surface area contributed by atoms with Crippen LogP contribution < -0.4 is 5.73 Å². The second kappa shape index (κ2) is 4.07. The molecule has 0 saturated heterocycles. The maximum Gasteiger partial charge on any atom is 0.328 e. The summed E-state index contributed by atoms with van der Waals surface area (Å²) in [6.45, 7) is 0. The van der Waals surface area contributed by atoms with Crippen LogP contribution in [0.25, 0.3) is 0 Å². The first-order valence-electron chi connectivity index (χ1n) is 2.83. The number of nitrogen functional groups attached to an aromatic ring is 1. The van der Waals surface area contributed by atoms with Crippen LogP contribution in [0.15, 0.2) is 15.8 Å². The Balaban J connectivity index is 2.48. The van der Waals surface area contributed by atoms with E-state index in [-0.39, 0.29) is 0 Å². The number of aliphatic carboxylic acids is 1. The van der Waals surface area contributed by atoms with Crippen molar-refractivity contribution in [1.29, 1.82) is 0 Å². The Kier molecular flexibility index (Phi) is 3.06. The highest BCUT2D eigenvalue weighted by molar-refractivity contribution is 8.03. The van der Waals surface area contributed by atoms with Gasteiger partial charge in [0.1, 0.15) is 0 Å². The van der Waals surface area contributed by atoms with Gasteiger partial charge < -0.3 is 10.8 Å². The summed E-state index contributed by atoms with van der Waals surface area (Å²) in [7, 11) is 0. The Hall–Kier alpha value is -1.08. The molecule has 0 amide bonds. The Morgan fingerprint density at radius 1 is 1.67 bits per heavy atom. The Bertz CT molecular complexity index is 309. The highest BCUT2D eigenvalue weighted by atomic mass is 32.2. The third-order valence-corrected chi connectivity index (χ3v) is 2.44. The van der Waals surface area contributed by atoms with Gasteiger partial charge in [-0.2, -0.15) is 0 Å². The first-order valence-corrected chi connectivity index (χ1v) is 4.53. The maximum atomic E-state index is 10.0. The summed E-state index contributed by atoms with van der Waals surface area (Å²) in [6.07, 6.45) is 1.03. The molecule has 1 aromatic heterocycles. The van der Waals surface area contributed by atoms with Gasteiger partial charge in [-0.3, -0.25) is 0 Å². The van der Waals surface area contributed by atoms with Gasteiger partial charge in [-0.05, 0) is 5.41 Å². The van der Waals surface area contributed by atoms with Gasteiger partial charge in [0.2, 0.25) is 5.13 Å². The summed E-state index contributed by atoms with van der Waals surface area (Å²) in [5, 5.41) is 17.3. The normalized spacial score (nSPS) is 10.7. The fourth-order valence-electron chi connectivity index (χ4n) is 0.418. The Labute approximate surface area is 76.3 Å². The smallest absolute Gasteiger partial charge is 0.328 e. The molecule has 0 atom stereocenters. The van der Waals surface area contributed by atoms with Crippen LogP contribution in [0.4, 0.5) is 5.13 Å². The molecule has 0 unspecified atom stereocenters. The van der Waals surface area contributed by atoms with Gasteiger partial charge in [0, 0.05) is 6.08 Å². The molecule has 3 N–H and O–H groups in total. The number of hydrogen-bond acceptors (Lipinski definition) is 6. The first kappa shape index (κ1) is 9.01. The minimum Gasteiger partial charge on any atom is -0.478 e. The molecule has 0 saturated carbocycles. The van der Waals surface area contributed by atoms with Crippen molar-refractivity contribution < 1.29 is 9.90 Å². The molecule has 0 aliphatic heterocycles. The van der Waals surface area contributed by atoms with E-state index in [1.807, 2.05) is 0 Å². The largest absolute Gasteiger partial charge is 0.478 e. The average Bonchev–Trinajstić information content (AvgIpc) is 2.35. The van der Waals surface area contributed by atoms with Crippen LogP contribution in [0.2, 0.25) is 0 Å². The number of hydrogen-bond donors (Lipinski definition) is 2. The molecule has 0 radical (unpaired) electrons. The molecule has 5 nitrogen and oxygen atoms in total. The molecule has 0 spiro atoms. The van der Waals surface area contributed by atoms with Crippen LogP contribution in [-0.2, 0) is 4.79 Å². The van der Waals surface area contributed by atoms with E-state index in [1.165, 1.54) is 28.5 Å². The van der Waals surface area contributed by atoms with Crippen LogP contribution in [0.5, 0.6) is 0 Å². The van der Waals surface area contributed by atoms with Crippen molar-refractivity contribution in [3.8, 4) is 0 Å². The number of aromatic nitrogens is 2. The number of nitrogens with two attached hydrogens (primary N) is 1. The van der Waals surface area contributed by atoms with Crippen molar-refractivity contribution in [3.63, 3.8) is 0 Å². The summed E-state index contributed by atoms with van der Waals surface area (Å²) in [5.74, 6) is -0.986. The van der Waals surface area contributed by atoms with Gasteiger partial charge >= 0.3 is 5.97 Å². The summed E-state index contributed by atoms with van der Waals surface area (Å²) in [4.78, 5) is 10.0. The highest BCUT2D eigenvalue weighted by Crippen LogP contribution is 2.23. The highest BCUT2D eigenvalue weighted by Gasteiger charge is 1.98. The predicted octanol–water partition coefficient (Wildman–Crippen LogP) is 0.811. The number of carboxylic acid groups (broad SMARTS) is 1. The zero-order valence-corrected chi connectivity index (χ0v) is 7.43. The third-order valence-electron chi connectivity index (χ3n) is 0.802. The van der Waals surface area contributed by atoms with Crippen molar-refractivity contribution >= 4 is 34.2 Å². The molecule has 1 aromatic rings. The fourth-order valence-corrected chi connectivity index (χ4v) is 1.76. The standard InChI is InChI=1S/C5H5N3O2S2/c6-4-7-8-5(12-4)11-2-1-3(9)10/h1-2H,(H2,6,7)(H,9,10)/b2-1+. The molecule has 0 fully saturated rings. The number of carbonyl (C=O) groups is 1. The Morgan fingerprint density at radius 2 is 2.42 bits per heavy atom. The van der Waals surface area contributed by atoms with E-state index in [4.69, 9.17) is 10.8 Å². The molecule has 12 heavy (non-hydrogen) atoms. The third kappa shape index (κ3) is 2.89. The number of rotatable bonds is 3. The number of thioether (sulfide) groups is 1. The molecule has 0 aromatic carbocycles. The molecule has 7 heteroatoms. The second-order valence-corrected chi connectivity index (χ2v) is 3.83. The van der Waals surface area contributed by atoms with Gasteiger partial charge in [-0.15, -0.1) is 10.2 Å². The molecular weight excluding hydrogens is 198 g/mol. The van der Waals surface area contributed by atoms with E-state index in [2.05, 4.69) is 10.2 Å². The number of carboxylic acids is 1. The van der Waals surface area contributed by atoms with Gasteiger partial charge in [0.25, 0.3) is 0 Å². The van der Waals surface area contributed by atoms with Crippen molar-refractivity contribution in [3.05, 3.63) is 11.5 Å². The number of anilines is 1. The Morgan fingerprint density at radius 3 is 2.92 bits per heavy atom. The average molecular weight is 203 g/mol. The van der Waals surface area contributed by atoms with Crippen molar-refractivity contribution in [2.75, 3.05) is 5.73 Å². The van der Waals surface area contributed by atoms with E-state index in [0.717, 1.165) is 6.08 Å². The van der Waals surface area contributed by atoms with Crippen LogP contribution in [0.1, 0.15) is 0 Å². The molecule has 64 valence electrons. The SMILES string of the molecule is Nc1nnc(S/C=C/C(=O)O)s1. The lowest BCUT2D eigenvalue weighted by Crippen LogP contribution is -1.84. The summed E-state index contributed by atoms with van der Waals surface area (Å²) >= 11 is 2.39. The summed E-state index contributed by atoms with van der Waals surface area (Å²) in [5.41, 5.74) is 5.30. The van der Waals surface area contributed by atoms with Gasteiger partial charge in [-0.1, -0.05) is 23.1 Å².